The van der Waals surface area contributed by atoms with Gasteiger partial charge in [-0.3, -0.25) is 0 Å². The summed E-state index contributed by atoms with van der Waals surface area (Å²) in [5.74, 6) is 2.84. The summed E-state index contributed by atoms with van der Waals surface area (Å²) in [6.45, 7) is 0.504. The number of halogens is 3. The monoisotopic (exact) mass is 577 g/mol. The lowest BCUT2D eigenvalue weighted by atomic mass is 10.1. The Labute approximate surface area is 221 Å². The number of hydrogen-bond donors (Lipinski definition) is 0. The van der Waals surface area contributed by atoms with Crippen LogP contribution in [-0.2, 0) is 18.5 Å². The predicted octanol–water partition coefficient (Wildman–Crippen LogP) is 7.72. The second kappa shape index (κ2) is 11.7. The van der Waals surface area contributed by atoms with Gasteiger partial charge >= 0.3 is 0 Å². The van der Waals surface area contributed by atoms with E-state index in [1.54, 1.807) is 26.4 Å². The molecule has 0 spiro atoms. The Balaban J connectivity index is 1.66. The van der Waals surface area contributed by atoms with Crippen molar-refractivity contribution < 1.29 is 23.5 Å². The highest BCUT2D eigenvalue weighted by atomic mass is 79.9. The second-order valence-corrected chi connectivity index (χ2v) is 8.81. The van der Waals surface area contributed by atoms with Crippen LogP contribution in [0.15, 0.2) is 65.2 Å². The largest absolute Gasteiger partial charge is 0.497 e. The van der Waals surface area contributed by atoms with E-state index in [9.17, 15) is 0 Å². The first-order valence-corrected chi connectivity index (χ1v) is 12.5. The summed E-state index contributed by atoms with van der Waals surface area (Å²) in [4.78, 5) is 0. The van der Waals surface area contributed by atoms with Gasteiger partial charge in [0.05, 0.1) is 29.6 Å². The van der Waals surface area contributed by atoms with E-state index in [4.69, 9.17) is 46.7 Å². The lowest BCUT2D eigenvalue weighted by molar-refractivity contribution is 0.256. The molecular formula is C26H22BrCl2NO5. The first-order chi connectivity index (χ1) is 17.0. The van der Waals surface area contributed by atoms with Gasteiger partial charge in [0.15, 0.2) is 11.5 Å². The van der Waals surface area contributed by atoms with Crippen molar-refractivity contribution in [1.82, 2.24) is 5.16 Å². The molecule has 182 valence electrons. The van der Waals surface area contributed by atoms with Gasteiger partial charge in [0.25, 0.3) is 0 Å². The Morgan fingerprint density at radius 1 is 0.800 bits per heavy atom. The fraction of sp³-hybridized carbons (Fsp3) is 0.192. The van der Waals surface area contributed by atoms with Crippen molar-refractivity contribution in [3.63, 3.8) is 0 Å². The standard InChI is InChI=1S/C26H22BrCl2NO5/c1-31-18-7-3-16(4-8-18)14-33-25-22(28)12-21(23-11-20(13-27)35-30-23)24(29)26(25)34-15-17-5-9-19(32-2)10-6-17/h3-12H,13-15H2,1-2H3. The minimum absolute atomic E-state index is 0.244. The molecular weight excluding hydrogens is 557 g/mol. The fourth-order valence-corrected chi connectivity index (χ4v) is 4.10. The summed E-state index contributed by atoms with van der Waals surface area (Å²) in [5, 5.41) is 5.29. The molecule has 0 aliphatic heterocycles. The van der Waals surface area contributed by atoms with E-state index in [0.717, 1.165) is 22.6 Å². The summed E-state index contributed by atoms with van der Waals surface area (Å²) in [7, 11) is 3.24. The molecule has 1 aromatic heterocycles. The van der Waals surface area contributed by atoms with Gasteiger partial charge < -0.3 is 23.5 Å². The van der Waals surface area contributed by atoms with E-state index in [2.05, 4.69) is 21.1 Å². The predicted molar refractivity (Wildman–Crippen MR) is 139 cm³/mol. The van der Waals surface area contributed by atoms with E-state index in [1.807, 2.05) is 48.5 Å². The normalized spacial score (nSPS) is 10.8. The molecule has 0 amide bonds. The number of benzene rings is 3. The Hall–Kier alpha value is -2.87. The average Bonchev–Trinajstić information content (AvgIpc) is 3.38. The maximum atomic E-state index is 6.81. The molecule has 0 unspecified atom stereocenters. The maximum Gasteiger partial charge on any atom is 0.182 e. The Bertz CT molecular complexity index is 1280. The number of hydrogen-bond acceptors (Lipinski definition) is 6. The van der Waals surface area contributed by atoms with Crippen LogP contribution < -0.4 is 18.9 Å². The van der Waals surface area contributed by atoms with E-state index >= 15 is 0 Å². The molecule has 1 heterocycles. The molecule has 6 nitrogen and oxygen atoms in total. The van der Waals surface area contributed by atoms with Crippen LogP contribution in [0.2, 0.25) is 10.0 Å². The average molecular weight is 579 g/mol. The summed E-state index contributed by atoms with van der Waals surface area (Å²) in [6, 6.07) is 18.6. The van der Waals surface area contributed by atoms with Crippen LogP contribution in [0.25, 0.3) is 11.3 Å². The summed E-state index contributed by atoms with van der Waals surface area (Å²) in [6.07, 6.45) is 0. The van der Waals surface area contributed by atoms with E-state index in [0.29, 0.717) is 43.9 Å². The Morgan fingerprint density at radius 3 is 1.83 bits per heavy atom. The zero-order chi connectivity index (χ0) is 24.8. The molecule has 0 aliphatic rings. The lowest BCUT2D eigenvalue weighted by Gasteiger charge is -2.18. The molecule has 4 aromatic rings. The van der Waals surface area contributed by atoms with Gasteiger partial charge in [-0.05, 0) is 41.5 Å². The molecule has 0 atom stereocenters. The van der Waals surface area contributed by atoms with E-state index in [1.165, 1.54) is 0 Å². The molecule has 0 N–H and O–H groups in total. The zero-order valence-corrected chi connectivity index (χ0v) is 22.1. The first-order valence-electron chi connectivity index (χ1n) is 10.6. The van der Waals surface area contributed by atoms with E-state index < -0.39 is 0 Å². The van der Waals surface area contributed by atoms with Crippen molar-refractivity contribution in [3.8, 4) is 34.3 Å². The number of ether oxygens (including phenoxy) is 4. The van der Waals surface area contributed by atoms with Crippen LogP contribution in [0.4, 0.5) is 0 Å². The van der Waals surface area contributed by atoms with Gasteiger partial charge in [-0.1, -0.05) is 68.6 Å². The van der Waals surface area contributed by atoms with E-state index in [-0.39, 0.29) is 13.2 Å². The van der Waals surface area contributed by atoms with Gasteiger partial charge in [-0.15, -0.1) is 0 Å². The number of aromatic nitrogens is 1. The van der Waals surface area contributed by atoms with Gasteiger partial charge in [0.1, 0.15) is 36.2 Å². The highest BCUT2D eigenvalue weighted by Gasteiger charge is 2.22. The Morgan fingerprint density at radius 2 is 1.34 bits per heavy atom. The van der Waals surface area contributed by atoms with Crippen LogP contribution >= 0.6 is 39.1 Å². The van der Waals surface area contributed by atoms with Crippen molar-refractivity contribution in [3.05, 3.63) is 87.6 Å². The number of nitrogens with zero attached hydrogens (tertiary/aromatic N) is 1. The molecule has 35 heavy (non-hydrogen) atoms. The van der Waals surface area contributed by atoms with Crippen molar-refractivity contribution >= 4 is 39.1 Å². The van der Waals surface area contributed by atoms with Crippen molar-refractivity contribution in [2.24, 2.45) is 0 Å². The Kier molecular flexibility index (Phi) is 8.44. The van der Waals surface area contributed by atoms with Crippen molar-refractivity contribution in [1.29, 1.82) is 0 Å². The quantitative estimate of drug-likeness (QED) is 0.179. The van der Waals surface area contributed by atoms with Gasteiger partial charge in [-0.25, -0.2) is 0 Å². The molecule has 0 radical (unpaired) electrons. The zero-order valence-electron chi connectivity index (χ0n) is 19.0. The molecule has 0 bridgehead atoms. The fourth-order valence-electron chi connectivity index (χ4n) is 3.29. The molecule has 3 aromatic carbocycles. The summed E-state index contributed by atoms with van der Waals surface area (Å²) >= 11 is 16.8. The first kappa shape index (κ1) is 25.2. The minimum atomic E-state index is 0.244. The van der Waals surface area contributed by atoms with Crippen LogP contribution in [-0.4, -0.2) is 19.4 Å². The van der Waals surface area contributed by atoms with Crippen molar-refractivity contribution in [2.45, 2.75) is 18.5 Å². The van der Waals surface area contributed by atoms with Gasteiger partial charge in [-0.2, -0.15) is 0 Å². The van der Waals surface area contributed by atoms with Gasteiger partial charge in [0, 0.05) is 11.6 Å². The molecule has 0 saturated heterocycles. The third-order valence-electron chi connectivity index (χ3n) is 5.18. The van der Waals surface area contributed by atoms with Gasteiger partial charge in [0.2, 0.25) is 0 Å². The second-order valence-electron chi connectivity index (χ2n) is 7.46. The molecule has 0 fully saturated rings. The molecule has 0 aliphatic carbocycles. The highest BCUT2D eigenvalue weighted by Crippen LogP contribution is 2.47. The van der Waals surface area contributed by atoms with Crippen LogP contribution in [0.3, 0.4) is 0 Å². The number of alkyl halides is 1. The van der Waals surface area contributed by atoms with Crippen LogP contribution in [0.5, 0.6) is 23.0 Å². The summed E-state index contributed by atoms with van der Waals surface area (Å²) < 4.78 is 28.0. The van der Waals surface area contributed by atoms with Crippen LogP contribution in [0, 0.1) is 0 Å². The number of rotatable bonds is 10. The van der Waals surface area contributed by atoms with Crippen LogP contribution in [0.1, 0.15) is 16.9 Å². The van der Waals surface area contributed by atoms with Crippen molar-refractivity contribution in [2.75, 3.05) is 14.2 Å². The minimum Gasteiger partial charge on any atom is -0.497 e. The number of methoxy groups -OCH3 is 2. The highest BCUT2D eigenvalue weighted by molar-refractivity contribution is 9.08. The molecule has 9 heteroatoms. The SMILES string of the molecule is COc1ccc(COc2c(Cl)cc(-c3cc(CBr)on3)c(Cl)c2OCc2ccc(OC)cc2)cc1. The lowest BCUT2D eigenvalue weighted by Crippen LogP contribution is -2.03. The topological polar surface area (TPSA) is 63.0 Å². The third kappa shape index (κ3) is 6.04. The smallest absolute Gasteiger partial charge is 0.182 e. The maximum absolute atomic E-state index is 6.81. The third-order valence-corrected chi connectivity index (χ3v) is 6.39. The molecule has 0 saturated carbocycles. The molecule has 4 rings (SSSR count). The summed E-state index contributed by atoms with van der Waals surface area (Å²) in [5.41, 5.74) is 2.98.